The number of fused-ring (bicyclic) bond motifs is 1. The van der Waals surface area contributed by atoms with Crippen LogP contribution in [0.1, 0.15) is 5.56 Å². The number of furan rings is 1. The number of rotatable bonds is 2. The minimum atomic E-state index is 0.536. The van der Waals surface area contributed by atoms with Gasteiger partial charge in [0, 0.05) is 17.0 Å². The van der Waals surface area contributed by atoms with Gasteiger partial charge in [0.25, 0.3) is 0 Å². The van der Waals surface area contributed by atoms with Gasteiger partial charge in [-0.25, -0.2) is 4.98 Å². The molecule has 0 atom stereocenters. The quantitative estimate of drug-likeness (QED) is 0.699. The standard InChI is InChI=1S/C15H10N2O2/c1-18-15-7-11-6-13(19-14(11)9-17-15)12-5-3-2-4-10(12)8-16/h2-7,9H,1H3. The summed E-state index contributed by atoms with van der Waals surface area (Å²) in [6, 6.07) is 13.2. The normalized spacial score (nSPS) is 10.3. The Balaban J connectivity index is 2.18. The molecule has 4 nitrogen and oxygen atoms in total. The minimum Gasteiger partial charge on any atom is -0.481 e. The highest BCUT2D eigenvalue weighted by molar-refractivity contribution is 5.84. The van der Waals surface area contributed by atoms with Crippen LogP contribution in [0.2, 0.25) is 0 Å². The average Bonchev–Trinajstić information content (AvgIpc) is 2.89. The van der Waals surface area contributed by atoms with Gasteiger partial charge in [-0.3, -0.25) is 0 Å². The monoisotopic (exact) mass is 250 g/mol. The van der Waals surface area contributed by atoms with Crippen molar-refractivity contribution < 1.29 is 9.15 Å². The predicted octanol–water partition coefficient (Wildman–Crippen LogP) is 3.38. The van der Waals surface area contributed by atoms with Gasteiger partial charge >= 0.3 is 0 Å². The maximum atomic E-state index is 9.11. The van der Waals surface area contributed by atoms with Crippen molar-refractivity contribution in [2.24, 2.45) is 0 Å². The fraction of sp³-hybridized carbons (Fsp3) is 0.0667. The maximum absolute atomic E-state index is 9.11. The molecule has 0 saturated carbocycles. The van der Waals surface area contributed by atoms with Crippen LogP contribution in [0.15, 0.2) is 47.0 Å². The van der Waals surface area contributed by atoms with Crippen LogP contribution in [0.3, 0.4) is 0 Å². The highest BCUT2D eigenvalue weighted by Gasteiger charge is 2.10. The number of aromatic nitrogens is 1. The van der Waals surface area contributed by atoms with E-state index in [4.69, 9.17) is 14.4 Å². The van der Waals surface area contributed by atoms with E-state index in [1.165, 1.54) is 0 Å². The number of methoxy groups -OCH3 is 1. The smallest absolute Gasteiger partial charge is 0.213 e. The van der Waals surface area contributed by atoms with Crippen molar-refractivity contribution >= 4 is 11.0 Å². The van der Waals surface area contributed by atoms with Gasteiger partial charge in [-0.2, -0.15) is 5.26 Å². The number of nitriles is 1. The Bertz CT molecular complexity index is 784. The van der Waals surface area contributed by atoms with E-state index in [1.54, 1.807) is 25.4 Å². The first-order chi connectivity index (χ1) is 9.31. The van der Waals surface area contributed by atoms with E-state index in [1.807, 2.05) is 24.3 Å². The molecule has 92 valence electrons. The maximum Gasteiger partial charge on any atom is 0.213 e. The number of hydrogen-bond acceptors (Lipinski definition) is 4. The third-order valence-electron chi connectivity index (χ3n) is 2.90. The Morgan fingerprint density at radius 2 is 2.11 bits per heavy atom. The lowest BCUT2D eigenvalue weighted by Crippen LogP contribution is -1.84. The highest BCUT2D eigenvalue weighted by atomic mass is 16.5. The number of pyridine rings is 1. The van der Waals surface area contributed by atoms with Crippen molar-refractivity contribution in [1.82, 2.24) is 4.98 Å². The highest BCUT2D eigenvalue weighted by Crippen LogP contribution is 2.30. The summed E-state index contributed by atoms with van der Waals surface area (Å²) in [6.07, 6.45) is 1.62. The van der Waals surface area contributed by atoms with Gasteiger partial charge in [-0.1, -0.05) is 12.1 Å². The first kappa shape index (κ1) is 11.3. The molecule has 0 unspecified atom stereocenters. The molecular weight excluding hydrogens is 240 g/mol. The molecule has 0 amide bonds. The van der Waals surface area contributed by atoms with Gasteiger partial charge in [0.15, 0.2) is 5.58 Å². The molecule has 4 heteroatoms. The molecule has 0 bridgehead atoms. The van der Waals surface area contributed by atoms with Crippen LogP contribution >= 0.6 is 0 Å². The Hall–Kier alpha value is -2.80. The van der Waals surface area contributed by atoms with Crippen LogP contribution in [0.25, 0.3) is 22.3 Å². The van der Waals surface area contributed by atoms with Crippen molar-refractivity contribution in [3.63, 3.8) is 0 Å². The van der Waals surface area contributed by atoms with Crippen molar-refractivity contribution in [2.45, 2.75) is 0 Å². The van der Waals surface area contributed by atoms with Gasteiger partial charge in [-0.15, -0.1) is 0 Å². The molecule has 0 saturated heterocycles. The number of ether oxygens (including phenoxy) is 1. The minimum absolute atomic E-state index is 0.536. The lowest BCUT2D eigenvalue weighted by molar-refractivity contribution is 0.398. The molecule has 0 aliphatic carbocycles. The van der Waals surface area contributed by atoms with Crippen molar-refractivity contribution in [1.29, 1.82) is 5.26 Å². The van der Waals surface area contributed by atoms with Gasteiger partial charge < -0.3 is 9.15 Å². The van der Waals surface area contributed by atoms with Gasteiger partial charge in [0.2, 0.25) is 5.88 Å². The second kappa shape index (κ2) is 4.46. The summed E-state index contributed by atoms with van der Waals surface area (Å²) in [4.78, 5) is 4.09. The lowest BCUT2D eigenvalue weighted by atomic mass is 10.1. The van der Waals surface area contributed by atoms with Crippen molar-refractivity contribution in [3.05, 3.63) is 48.2 Å². The van der Waals surface area contributed by atoms with E-state index in [-0.39, 0.29) is 0 Å². The van der Waals surface area contributed by atoms with Gasteiger partial charge in [-0.05, 0) is 18.2 Å². The van der Waals surface area contributed by atoms with E-state index in [2.05, 4.69) is 11.1 Å². The predicted molar refractivity (Wildman–Crippen MR) is 70.7 cm³/mol. The average molecular weight is 250 g/mol. The first-order valence-corrected chi connectivity index (χ1v) is 5.75. The molecule has 0 fully saturated rings. The molecule has 0 aliphatic rings. The second-order valence-corrected chi connectivity index (χ2v) is 4.03. The van der Waals surface area contributed by atoms with Crippen LogP contribution in [0.5, 0.6) is 5.88 Å². The number of nitrogens with zero attached hydrogens (tertiary/aromatic N) is 2. The number of hydrogen-bond donors (Lipinski definition) is 0. The summed E-state index contributed by atoms with van der Waals surface area (Å²) in [5.41, 5.74) is 2.03. The Morgan fingerprint density at radius 1 is 1.26 bits per heavy atom. The van der Waals surface area contributed by atoms with Crippen LogP contribution in [-0.4, -0.2) is 12.1 Å². The molecule has 2 aromatic heterocycles. The summed E-state index contributed by atoms with van der Waals surface area (Å²) in [5, 5.41) is 10.0. The third kappa shape index (κ3) is 1.91. The van der Waals surface area contributed by atoms with Gasteiger partial charge in [0.1, 0.15) is 5.76 Å². The van der Waals surface area contributed by atoms with E-state index < -0.39 is 0 Å². The van der Waals surface area contributed by atoms with E-state index in [0.717, 1.165) is 10.9 Å². The summed E-state index contributed by atoms with van der Waals surface area (Å²) in [5.74, 6) is 1.19. The SMILES string of the molecule is COc1cc2cc(-c3ccccc3C#N)oc2cn1. The Kier molecular flexibility index (Phi) is 2.66. The molecule has 0 aliphatic heterocycles. The van der Waals surface area contributed by atoms with Crippen LogP contribution in [0, 0.1) is 11.3 Å². The fourth-order valence-corrected chi connectivity index (χ4v) is 1.97. The summed E-state index contributed by atoms with van der Waals surface area (Å²) >= 11 is 0. The molecule has 3 aromatic rings. The van der Waals surface area contributed by atoms with Gasteiger partial charge in [0.05, 0.1) is 24.9 Å². The molecular formula is C15H10N2O2. The molecule has 0 N–H and O–H groups in total. The first-order valence-electron chi connectivity index (χ1n) is 5.75. The fourth-order valence-electron chi connectivity index (χ4n) is 1.97. The topological polar surface area (TPSA) is 59.0 Å². The molecule has 0 radical (unpaired) electrons. The zero-order valence-corrected chi connectivity index (χ0v) is 10.3. The van der Waals surface area contributed by atoms with Crippen LogP contribution in [-0.2, 0) is 0 Å². The Labute approximate surface area is 109 Å². The third-order valence-corrected chi connectivity index (χ3v) is 2.90. The number of benzene rings is 1. The van der Waals surface area contributed by atoms with Crippen molar-refractivity contribution in [3.8, 4) is 23.3 Å². The molecule has 19 heavy (non-hydrogen) atoms. The van der Waals surface area contributed by atoms with Crippen LogP contribution in [0.4, 0.5) is 0 Å². The molecule has 0 spiro atoms. The van der Waals surface area contributed by atoms with Crippen molar-refractivity contribution in [2.75, 3.05) is 7.11 Å². The van der Waals surface area contributed by atoms with Crippen LogP contribution < -0.4 is 4.74 Å². The molecule has 2 heterocycles. The second-order valence-electron chi connectivity index (χ2n) is 4.03. The molecule has 3 rings (SSSR count). The van der Waals surface area contributed by atoms with E-state index in [0.29, 0.717) is 22.8 Å². The zero-order chi connectivity index (χ0) is 13.2. The largest absolute Gasteiger partial charge is 0.481 e. The summed E-state index contributed by atoms with van der Waals surface area (Å²) < 4.78 is 10.8. The summed E-state index contributed by atoms with van der Waals surface area (Å²) in [7, 11) is 1.57. The zero-order valence-electron chi connectivity index (χ0n) is 10.3. The summed E-state index contributed by atoms with van der Waals surface area (Å²) in [6.45, 7) is 0. The lowest BCUT2D eigenvalue weighted by Gasteiger charge is -1.98. The van der Waals surface area contributed by atoms with E-state index in [9.17, 15) is 0 Å². The Morgan fingerprint density at radius 3 is 2.89 bits per heavy atom. The van der Waals surface area contributed by atoms with E-state index >= 15 is 0 Å². The molecule has 1 aromatic carbocycles.